The summed E-state index contributed by atoms with van der Waals surface area (Å²) in [5, 5.41) is 2.35. The van der Waals surface area contributed by atoms with Crippen LogP contribution in [0.5, 0.6) is 5.75 Å². The number of hydrogen-bond acceptors (Lipinski definition) is 6. The van der Waals surface area contributed by atoms with Crippen LogP contribution in [0.2, 0.25) is 0 Å². The van der Waals surface area contributed by atoms with Crippen molar-refractivity contribution in [3.8, 4) is 5.75 Å². The van der Waals surface area contributed by atoms with Crippen LogP contribution in [-0.4, -0.2) is 62.1 Å². The summed E-state index contributed by atoms with van der Waals surface area (Å²) >= 11 is 0. The Morgan fingerprint density at radius 3 is 2.86 bits per heavy atom. The van der Waals surface area contributed by atoms with Crippen molar-refractivity contribution in [2.24, 2.45) is 0 Å². The Balaban J connectivity index is 1.13. The number of ether oxygens (including phenoxy) is 1. The SMILES string of the molecule is Cc1nc2ccccn2c1CN1CCCC[C@@H]1COc1ccc2c(c1)CN(C1CCC(=O)NC1=O)C2=O. The molecule has 9 heteroatoms. The summed E-state index contributed by atoms with van der Waals surface area (Å²) in [6, 6.07) is 11.3. The van der Waals surface area contributed by atoms with Gasteiger partial charge in [-0.1, -0.05) is 12.5 Å². The van der Waals surface area contributed by atoms with Crippen LogP contribution in [0.1, 0.15) is 59.4 Å². The Hall–Kier alpha value is -3.72. The highest BCUT2D eigenvalue weighted by Gasteiger charge is 2.39. The lowest BCUT2D eigenvalue weighted by Gasteiger charge is -2.35. The normalized spacial score (nSPS) is 22.4. The fourth-order valence-corrected chi connectivity index (χ4v) is 5.84. The minimum atomic E-state index is -0.610. The number of aromatic nitrogens is 2. The standard InChI is InChI=1S/C28H31N5O4/c1-18-24(32-13-5-3-7-25(32)29-18)16-31-12-4-2-6-20(31)17-37-21-8-9-22-19(14-21)15-33(28(22)36)23-10-11-26(34)30-27(23)35/h3,5,7-9,13-14,20,23H,2,4,6,10-12,15-17H2,1H3,(H,30,34,35)/t20-,23?/m1/s1. The van der Waals surface area contributed by atoms with Gasteiger partial charge in [0.2, 0.25) is 11.8 Å². The second kappa shape index (κ2) is 9.63. The largest absolute Gasteiger partial charge is 0.492 e. The monoisotopic (exact) mass is 501 g/mol. The first-order valence-electron chi connectivity index (χ1n) is 13.0. The second-order valence-corrected chi connectivity index (χ2v) is 10.2. The number of likely N-dealkylation sites (tertiary alicyclic amines) is 1. The number of carbonyl (C=O) groups excluding carboxylic acids is 3. The van der Waals surface area contributed by atoms with E-state index in [0.717, 1.165) is 42.2 Å². The number of pyridine rings is 1. The number of hydrogen-bond donors (Lipinski definition) is 1. The highest BCUT2D eigenvalue weighted by Crippen LogP contribution is 2.31. The maximum Gasteiger partial charge on any atom is 0.255 e. The fraction of sp³-hybridized carbons (Fsp3) is 0.429. The number of carbonyl (C=O) groups is 3. The van der Waals surface area contributed by atoms with E-state index in [9.17, 15) is 14.4 Å². The number of imidazole rings is 1. The molecule has 1 aromatic carbocycles. The lowest BCUT2D eigenvalue weighted by molar-refractivity contribution is -0.136. The maximum absolute atomic E-state index is 13.0. The van der Waals surface area contributed by atoms with E-state index in [1.807, 2.05) is 30.3 Å². The van der Waals surface area contributed by atoms with Crippen molar-refractivity contribution in [2.45, 2.75) is 64.2 Å². The first-order valence-corrected chi connectivity index (χ1v) is 13.0. The molecule has 192 valence electrons. The van der Waals surface area contributed by atoms with Gasteiger partial charge in [0, 0.05) is 37.3 Å². The lowest BCUT2D eigenvalue weighted by Crippen LogP contribution is -2.52. The number of nitrogens with zero attached hydrogens (tertiary/aromatic N) is 4. The van der Waals surface area contributed by atoms with Crippen LogP contribution < -0.4 is 10.1 Å². The Morgan fingerprint density at radius 2 is 2.00 bits per heavy atom. The number of imide groups is 1. The van der Waals surface area contributed by atoms with Gasteiger partial charge in [0.25, 0.3) is 5.91 Å². The molecule has 6 rings (SSSR count). The van der Waals surface area contributed by atoms with Gasteiger partial charge in [0.15, 0.2) is 0 Å². The molecule has 0 radical (unpaired) electrons. The molecule has 0 aliphatic carbocycles. The number of aryl methyl sites for hydroxylation is 1. The summed E-state index contributed by atoms with van der Waals surface area (Å²) in [6.45, 7) is 4.83. The van der Waals surface area contributed by atoms with E-state index >= 15 is 0 Å². The van der Waals surface area contributed by atoms with Gasteiger partial charge in [-0.05, 0) is 68.6 Å². The molecule has 5 heterocycles. The molecule has 0 spiro atoms. The maximum atomic E-state index is 13.0. The Kier molecular flexibility index (Phi) is 6.16. The number of benzene rings is 1. The van der Waals surface area contributed by atoms with Crippen LogP contribution in [0.15, 0.2) is 42.6 Å². The smallest absolute Gasteiger partial charge is 0.255 e. The molecule has 3 aromatic rings. The number of rotatable bonds is 6. The van der Waals surface area contributed by atoms with Gasteiger partial charge in [-0.3, -0.25) is 24.6 Å². The topological polar surface area (TPSA) is 96.2 Å². The van der Waals surface area contributed by atoms with Gasteiger partial charge in [0.1, 0.15) is 24.0 Å². The third-order valence-corrected chi connectivity index (χ3v) is 7.87. The van der Waals surface area contributed by atoms with Crippen molar-refractivity contribution in [3.05, 3.63) is 65.1 Å². The summed E-state index contributed by atoms with van der Waals surface area (Å²) < 4.78 is 8.45. The molecule has 2 fully saturated rings. The summed E-state index contributed by atoms with van der Waals surface area (Å²) in [6.07, 6.45) is 6.10. The van der Waals surface area contributed by atoms with E-state index in [2.05, 4.69) is 27.7 Å². The number of fused-ring (bicyclic) bond motifs is 2. The Morgan fingerprint density at radius 1 is 1.11 bits per heavy atom. The van der Waals surface area contributed by atoms with E-state index < -0.39 is 11.9 Å². The first kappa shape index (κ1) is 23.7. The molecule has 1 N–H and O–H groups in total. The van der Waals surface area contributed by atoms with E-state index in [4.69, 9.17) is 9.72 Å². The van der Waals surface area contributed by atoms with Crippen LogP contribution in [0.4, 0.5) is 0 Å². The molecule has 2 aromatic heterocycles. The molecule has 3 aliphatic heterocycles. The molecular weight excluding hydrogens is 470 g/mol. The molecule has 3 aliphatic rings. The molecule has 9 nitrogen and oxygen atoms in total. The van der Waals surface area contributed by atoms with Gasteiger partial charge in [-0.2, -0.15) is 0 Å². The first-order chi connectivity index (χ1) is 18.0. The molecule has 2 atom stereocenters. The highest BCUT2D eigenvalue weighted by atomic mass is 16.5. The van der Waals surface area contributed by atoms with Crippen molar-refractivity contribution >= 4 is 23.4 Å². The van der Waals surface area contributed by atoms with E-state index in [1.54, 1.807) is 11.0 Å². The van der Waals surface area contributed by atoms with Crippen molar-refractivity contribution in [1.29, 1.82) is 0 Å². The summed E-state index contributed by atoms with van der Waals surface area (Å²) in [7, 11) is 0. The van der Waals surface area contributed by atoms with Gasteiger partial charge in [0.05, 0.1) is 11.4 Å². The quantitative estimate of drug-likeness (QED) is 0.522. The van der Waals surface area contributed by atoms with Crippen molar-refractivity contribution in [3.63, 3.8) is 0 Å². The fourth-order valence-electron chi connectivity index (χ4n) is 5.84. The Bertz CT molecular complexity index is 1380. The second-order valence-electron chi connectivity index (χ2n) is 10.2. The molecule has 2 saturated heterocycles. The zero-order valence-corrected chi connectivity index (χ0v) is 21.0. The predicted octanol–water partition coefficient (Wildman–Crippen LogP) is 2.84. The van der Waals surface area contributed by atoms with Gasteiger partial charge < -0.3 is 14.0 Å². The zero-order valence-electron chi connectivity index (χ0n) is 21.0. The predicted molar refractivity (Wildman–Crippen MR) is 136 cm³/mol. The average Bonchev–Trinajstić information content (AvgIpc) is 3.39. The summed E-state index contributed by atoms with van der Waals surface area (Å²) in [5.74, 6) is -0.118. The minimum Gasteiger partial charge on any atom is -0.492 e. The van der Waals surface area contributed by atoms with Crippen LogP contribution in [0.3, 0.4) is 0 Å². The summed E-state index contributed by atoms with van der Waals surface area (Å²) in [5.41, 5.74) is 4.69. The van der Waals surface area contributed by atoms with Gasteiger partial charge in [-0.25, -0.2) is 4.98 Å². The average molecular weight is 502 g/mol. The van der Waals surface area contributed by atoms with Crippen LogP contribution in [0.25, 0.3) is 5.65 Å². The third kappa shape index (κ3) is 4.48. The van der Waals surface area contributed by atoms with Crippen molar-refractivity contribution in [1.82, 2.24) is 24.5 Å². The molecule has 0 saturated carbocycles. The van der Waals surface area contributed by atoms with Crippen LogP contribution >= 0.6 is 0 Å². The number of nitrogens with one attached hydrogen (secondary N) is 1. The minimum absolute atomic E-state index is 0.169. The molecule has 0 bridgehead atoms. The molecule has 3 amide bonds. The zero-order chi connectivity index (χ0) is 25.5. The van der Waals surface area contributed by atoms with Crippen molar-refractivity contribution in [2.75, 3.05) is 13.2 Å². The van der Waals surface area contributed by atoms with Crippen molar-refractivity contribution < 1.29 is 19.1 Å². The van der Waals surface area contributed by atoms with E-state index in [-0.39, 0.29) is 24.3 Å². The molecule has 1 unspecified atom stereocenters. The highest BCUT2D eigenvalue weighted by molar-refractivity contribution is 6.05. The molecule has 37 heavy (non-hydrogen) atoms. The van der Waals surface area contributed by atoms with E-state index in [0.29, 0.717) is 25.1 Å². The van der Waals surface area contributed by atoms with Gasteiger partial charge >= 0.3 is 0 Å². The van der Waals surface area contributed by atoms with Gasteiger partial charge in [-0.15, -0.1) is 0 Å². The Labute approximate surface area is 215 Å². The number of amides is 3. The van der Waals surface area contributed by atoms with Crippen LogP contribution in [0, 0.1) is 6.92 Å². The lowest BCUT2D eigenvalue weighted by atomic mass is 10.0. The third-order valence-electron chi connectivity index (χ3n) is 7.87. The molecular formula is C28H31N5O4. The summed E-state index contributed by atoms with van der Waals surface area (Å²) in [4.78, 5) is 45.6. The van der Waals surface area contributed by atoms with Crippen LogP contribution in [-0.2, 0) is 22.7 Å². The number of piperidine rings is 2. The van der Waals surface area contributed by atoms with E-state index in [1.165, 1.54) is 18.5 Å².